The van der Waals surface area contributed by atoms with E-state index in [0.717, 1.165) is 30.6 Å². The molecule has 0 saturated heterocycles. The van der Waals surface area contributed by atoms with Crippen LogP contribution in [0.5, 0.6) is 0 Å². The second kappa shape index (κ2) is 11.1. The Kier molecular flexibility index (Phi) is 8.48. The van der Waals surface area contributed by atoms with Crippen molar-refractivity contribution in [3.8, 4) is 0 Å². The zero-order chi connectivity index (χ0) is 21.2. The van der Waals surface area contributed by atoms with Gasteiger partial charge >= 0.3 is 0 Å². The third-order valence-corrected chi connectivity index (χ3v) is 4.44. The molecule has 152 valence electrons. The molecule has 0 aromatic heterocycles. The molecule has 0 aliphatic rings. The van der Waals surface area contributed by atoms with E-state index in [-0.39, 0.29) is 10.6 Å². The summed E-state index contributed by atoms with van der Waals surface area (Å²) in [5.74, 6) is 0. The monoisotopic (exact) mass is 410 g/mol. The van der Waals surface area contributed by atoms with Crippen molar-refractivity contribution < 1.29 is 4.92 Å². The third-order valence-electron chi connectivity index (χ3n) is 4.13. The zero-order valence-corrected chi connectivity index (χ0v) is 17.8. The lowest BCUT2D eigenvalue weighted by atomic mass is 10.0. The van der Waals surface area contributed by atoms with E-state index < -0.39 is 0 Å². The molecule has 0 heterocycles. The molecule has 2 rings (SSSR count). The highest BCUT2D eigenvalue weighted by Gasteiger charge is 2.21. The molecule has 2 aromatic carbocycles. The van der Waals surface area contributed by atoms with Crippen LogP contribution < -0.4 is 5.32 Å². The van der Waals surface area contributed by atoms with Crippen LogP contribution in [0.4, 0.5) is 11.4 Å². The predicted molar refractivity (Wildman–Crippen MR) is 126 cm³/mol. The van der Waals surface area contributed by atoms with Gasteiger partial charge in [0.2, 0.25) is 0 Å². The fraction of sp³-hybridized carbons (Fsp3) is 0.273. The lowest BCUT2D eigenvalue weighted by Crippen LogP contribution is -2.12. The molecular weight excluding hydrogens is 384 g/mol. The van der Waals surface area contributed by atoms with Crippen molar-refractivity contribution in [2.75, 3.05) is 26.0 Å². The van der Waals surface area contributed by atoms with E-state index in [1.54, 1.807) is 23.4 Å². The number of hydrogen-bond donors (Lipinski definition) is 1. The van der Waals surface area contributed by atoms with E-state index in [4.69, 9.17) is 12.2 Å². The molecule has 0 saturated carbocycles. The van der Waals surface area contributed by atoms with Crippen molar-refractivity contribution in [1.82, 2.24) is 4.90 Å². The van der Waals surface area contributed by atoms with E-state index in [0.29, 0.717) is 16.1 Å². The summed E-state index contributed by atoms with van der Waals surface area (Å²) in [6, 6.07) is 12.9. The number of hydrogen-bond acceptors (Lipinski definition) is 4. The van der Waals surface area contributed by atoms with Gasteiger partial charge in [-0.25, -0.2) is 4.99 Å². The van der Waals surface area contributed by atoms with Crippen molar-refractivity contribution in [2.24, 2.45) is 4.99 Å². The number of unbranched alkanes of at least 4 members (excludes halogenated alkanes) is 1. The maximum absolute atomic E-state index is 11.7. The third kappa shape index (κ3) is 6.50. The number of rotatable bonds is 9. The average Bonchev–Trinajstić information content (AvgIpc) is 2.71. The van der Waals surface area contributed by atoms with Gasteiger partial charge in [0, 0.05) is 38.0 Å². The molecule has 0 fully saturated rings. The topological polar surface area (TPSA) is 70.8 Å². The summed E-state index contributed by atoms with van der Waals surface area (Å²) in [6.07, 6.45) is 7.21. The maximum atomic E-state index is 11.7. The minimum atomic E-state index is -0.387. The fourth-order valence-corrected chi connectivity index (χ4v) is 2.96. The number of nitrogens with one attached hydrogen (secondary N) is 1. The first-order valence-electron chi connectivity index (χ1n) is 9.47. The molecule has 1 N–H and O–H groups in total. The van der Waals surface area contributed by atoms with E-state index >= 15 is 0 Å². The molecule has 7 heteroatoms. The van der Waals surface area contributed by atoms with Crippen LogP contribution in [-0.4, -0.2) is 41.8 Å². The first kappa shape index (κ1) is 22.2. The summed E-state index contributed by atoms with van der Waals surface area (Å²) < 4.78 is 0. The van der Waals surface area contributed by atoms with Gasteiger partial charge in [0.1, 0.15) is 4.99 Å². The van der Waals surface area contributed by atoms with E-state index in [1.807, 2.05) is 50.5 Å². The molecule has 0 aliphatic heterocycles. The molecular formula is C22H26N4O2S. The molecule has 6 nitrogen and oxygen atoms in total. The summed E-state index contributed by atoms with van der Waals surface area (Å²) in [4.78, 5) is 17.7. The van der Waals surface area contributed by atoms with Crippen LogP contribution in [0.2, 0.25) is 0 Å². The van der Waals surface area contributed by atoms with Gasteiger partial charge in [-0.15, -0.1) is 0 Å². The largest absolute Gasteiger partial charge is 0.384 e. The Labute approximate surface area is 177 Å². The Bertz CT molecular complexity index is 909. The molecule has 29 heavy (non-hydrogen) atoms. The van der Waals surface area contributed by atoms with Crippen LogP contribution in [0.3, 0.4) is 0 Å². The lowest BCUT2D eigenvalue weighted by Gasteiger charge is -2.14. The Morgan fingerprint density at radius 1 is 1.21 bits per heavy atom. The molecule has 0 unspecified atom stereocenters. The van der Waals surface area contributed by atoms with E-state index in [2.05, 4.69) is 17.2 Å². The van der Waals surface area contributed by atoms with E-state index in [9.17, 15) is 10.1 Å². The second-order valence-electron chi connectivity index (χ2n) is 6.72. The van der Waals surface area contributed by atoms with Crippen molar-refractivity contribution in [1.29, 1.82) is 0 Å². The minimum absolute atomic E-state index is 0.00405. The fourth-order valence-electron chi connectivity index (χ4n) is 2.69. The molecule has 0 bridgehead atoms. The van der Waals surface area contributed by atoms with Crippen LogP contribution in [-0.2, 0) is 0 Å². The van der Waals surface area contributed by atoms with Crippen LogP contribution in [0.25, 0.3) is 12.2 Å². The van der Waals surface area contributed by atoms with Crippen molar-refractivity contribution in [2.45, 2.75) is 19.8 Å². The Morgan fingerprint density at radius 2 is 1.93 bits per heavy atom. The van der Waals surface area contributed by atoms with Gasteiger partial charge in [-0.2, -0.15) is 0 Å². The molecule has 0 aliphatic carbocycles. The lowest BCUT2D eigenvalue weighted by molar-refractivity contribution is -0.385. The number of nitro benzene ring substituents is 1. The van der Waals surface area contributed by atoms with Crippen LogP contribution in [0.15, 0.2) is 47.5 Å². The van der Waals surface area contributed by atoms with Crippen molar-refractivity contribution in [3.05, 3.63) is 69.3 Å². The smallest absolute Gasteiger partial charge is 0.277 e. The number of nitro groups is 1. The number of nitrogens with zero attached hydrogens (tertiary/aromatic N) is 3. The van der Waals surface area contributed by atoms with Gasteiger partial charge in [-0.05, 0) is 24.1 Å². The molecule has 0 amide bonds. The molecule has 0 radical (unpaired) electrons. The highest BCUT2D eigenvalue weighted by Crippen LogP contribution is 2.32. The Morgan fingerprint density at radius 3 is 2.55 bits per heavy atom. The molecule has 0 spiro atoms. The summed E-state index contributed by atoms with van der Waals surface area (Å²) >= 11 is 5.55. The van der Waals surface area contributed by atoms with Gasteiger partial charge in [0.25, 0.3) is 5.69 Å². The SMILES string of the molecule is CCCCNc1ccc([N+](=O)[O-])c(C=Cc2ccccc2)c1C(=S)N=CN(C)C. The Balaban J connectivity index is 2.60. The summed E-state index contributed by atoms with van der Waals surface area (Å²) in [5.41, 5.74) is 2.70. The maximum Gasteiger partial charge on any atom is 0.277 e. The summed E-state index contributed by atoms with van der Waals surface area (Å²) in [6.45, 7) is 2.86. The quantitative estimate of drug-likeness (QED) is 0.116. The van der Waals surface area contributed by atoms with Gasteiger partial charge in [-0.3, -0.25) is 10.1 Å². The highest BCUT2D eigenvalue weighted by molar-refractivity contribution is 7.80. The normalized spacial score (nSPS) is 11.1. The van der Waals surface area contributed by atoms with Crippen LogP contribution in [0, 0.1) is 10.1 Å². The van der Waals surface area contributed by atoms with Gasteiger partial charge in [0.15, 0.2) is 0 Å². The molecule has 2 aromatic rings. The highest BCUT2D eigenvalue weighted by atomic mass is 32.1. The van der Waals surface area contributed by atoms with Crippen LogP contribution >= 0.6 is 12.2 Å². The minimum Gasteiger partial charge on any atom is -0.384 e. The second-order valence-corrected chi connectivity index (χ2v) is 7.10. The average molecular weight is 411 g/mol. The number of aliphatic imine (C=N–C) groups is 1. The summed E-state index contributed by atoms with van der Waals surface area (Å²) in [7, 11) is 3.69. The van der Waals surface area contributed by atoms with Gasteiger partial charge < -0.3 is 10.2 Å². The van der Waals surface area contributed by atoms with Crippen molar-refractivity contribution >= 4 is 47.1 Å². The standard InChI is InChI=1S/C22H26N4O2S/c1-4-5-15-23-19-13-14-20(26(27)28)18(12-11-17-9-7-6-8-10-17)21(19)22(29)24-16-25(2)3/h6-14,16,23H,4-5,15H2,1-3H3. The number of benzene rings is 2. The number of thiocarbonyl (C=S) groups is 1. The van der Waals surface area contributed by atoms with Gasteiger partial charge in [-0.1, -0.05) is 62.0 Å². The first-order chi connectivity index (χ1) is 13.9. The van der Waals surface area contributed by atoms with E-state index in [1.165, 1.54) is 6.07 Å². The Hall–Kier alpha value is -3.06. The zero-order valence-electron chi connectivity index (χ0n) is 17.0. The van der Waals surface area contributed by atoms with Crippen molar-refractivity contribution in [3.63, 3.8) is 0 Å². The molecule has 0 atom stereocenters. The first-order valence-corrected chi connectivity index (χ1v) is 9.88. The number of anilines is 1. The predicted octanol–water partition coefficient (Wildman–Crippen LogP) is 5.24. The summed E-state index contributed by atoms with van der Waals surface area (Å²) in [5, 5.41) is 15.1. The van der Waals surface area contributed by atoms with Gasteiger partial charge in [0.05, 0.1) is 16.8 Å². The van der Waals surface area contributed by atoms with Crippen LogP contribution in [0.1, 0.15) is 36.5 Å².